The first kappa shape index (κ1) is 27.5. The summed E-state index contributed by atoms with van der Waals surface area (Å²) in [5.74, 6) is -0.917. The minimum Gasteiger partial charge on any atom is -0.489 e. The van der Waals surface area contributed by atoms with Crippen molar-refractivity contribution in [2.45, 2.75) is 20.5 Å². The number of nitrogens with zero attached hydrogens (tertiary/aromatic N) is 2. The number of rotatable bonds is 6. The fourth-order valence-electron chi connectivity index (χ4n) is 4.50. The summed E-state index contributed by atoms with van der Waals surface area (Å²) in [5, 5.41) is 3.05. The molecule has 202 valence electrons. The van der Waals surface area contributed by atoms with E-state index in [9.17, 15) is 14.4 Å². The van der Waals surface area contributed by atoms with Gasteiger partial charge in [0.1, 0.15) is 17.9 Å². The van der Waals surface area contributed by atoms with Crippen molar-refractivity contribution >= 4 is 64.4 Å². The van der Waals surface area contributed by atoms with E-state index >= 15 is 0 Å². The molecule has 0 aliphatic carbocycles. The van der Waals surface area contributed by atoms with E-state index in [4.69, 9.17) is 39.5 Å². The molecule has 0 saturated carbocycles. The van der Waals surface area contributed by atoms with Crippen molar-refractivity contribution in [1.82, 2.24) is 9.88 Å². The number of hydrogen-bond donors (Lipinski definition) is 1. The lowest BCUT2D eigenvalue weighted by atomic mass is 10.1. The smallest absolute Gasteiger partial charge is 0.336 e. The number of amides is 4. The Kier molecular flexibility index (Phi) is 7.72. The summed E-state index contributed by atoms with van der Waals surface area (Å²) in [6, 6.07) is 20.6. The normalized spacial score (nSPS) is 14.6. The third kappa shape index (κ3) is 5.23. The quantitative estimate of drug-likeness (QED) is 0.188. The zero-order valence-corrected chi connectivity index (χ0v) is 23.6. The maximum atomic E-state index is 13.4. The molecule has 1 aromatic heterocycles. The highest BCUT2D eigenvalue weighted by molar-refractivity contribution is 6.46. The largest absolute Gasteiger partial charge is 0.489 e. The molecule has 0 atom stereocenters. The van der Waals surface area contributed by atoms with Gasteiger partial charge in [-0.15, -0.1) is 0 Å². The maximum Gasteiger partial charge on any atom is 0.336 e. The first-order valence-corrected chi connectivity index (χ1v) is 13.3. The number of barbiturate groups is 1. The van der Waals surface area contributed by atoms with Crippen LogP contribution in [0.5, 0.6) is 5.75 Å². The van der Waals surface area contributed by atoms with E-state index in [-0.39, 0.29) is 21.3 Å². The number of aromatic nitrogens is 1. The molecular weight excluding hydrogens is 573 g/mol. The van der Waals surface area contributed by atoms with Gasteiger partial charge in [-0.1, -0.05) is 59.1 Å². The Hall–Kier alpha value is -4.04. The van der Waals surface area contributed by atoms with Gasteiger partial charge in [0.05, 0.1) is 15.7 Å². The molecule has 0 radical (unpaired) electrons. The van der Waals surface area contributed by atoms with Crippen molar-refractivity contribution < 1.29 is 19.1 Å². The number of carbonyl (C=O) groups excluding carboxylic acids is 3. The lowest BCUT2D eigenvalue weighted by Crippen LogP contribution is -2.54. The predicted octanol–water partition coefficient (Wildman–Crippen LogP) is 7.30. The average molecular weight is 595 g/mol. The number of urea groups is 1. The third-order valence-corrected chi connectivity index (χ3v) is 7.67. The summed E-state index contributed by atoms with van der Waals surface area (Å²) < 4.78 is 7.88. The van der Waals surface area contributed by atoms with E-state index < -0.39 is 17.8 Å². The van der Waals surface area contributed by atoms with Crippen LogP contribution in [-0.4, -0.2) is 22.4 Å². The summed E-state index contributed by atoms with van der Waals surface area (Å²) in [4.78, 5) is 39.5. The second-order valence-corrected chi connectivity index (χ2v) is 10.3. The molecule has 0 unspecified atom stereocenters. The minimum absolute atomic E-state index is 0.0267. The van der Waals surface area contributed by atoms with Crippen molar-refractivity contribution in [2.24, 2.45) is 0 Å². The number of benzene rings is 3. The van der Waals surface area contributed by atoms with Crippen LogP contribution < -0.4 is 15.0 Å². The van der Waals surface area contributed by atoms with Gasteiger partial charge in [0.25, 0.3) is 11.8 Å². The van der Waals surface area contributed by atoms with E-state index in [1.54, 1.807) is 6.07 Å². The van der Waals surface area contributed by atoms with Crippen LogP contribution in [-0.2, 0) is 16.2 Å². The zero-order chi connectivity index (χ0) is 28.6. The van der Waals surface area contributed by atoms with Crippen molar-refractivity contribution in [1.29, 1.82) is 0 Å². The van der Waals surface area contributed by atoms with Crippen LogP contribution in [0.25, 0.3) is 11.8 Å². The summed E-state index contributed by atoms with van der Waals surface area (Å²) in [6.45, 7) is 4.14. The number of carbonyl (C=O) groups is 3. The monoisotopic (exact) mass is 593 g/mol. The molecule has 1 saturated heterocycles. The van der Waals surface area contributed by atoms with Crippen LogP contribution >= 0.6 is 34.8 Å². The first-order valence-electron chi connectivity index (χ1n) is 12.2. The predicted molar refractivity (Wildman–Crippen MR) is 156 cm³/mol. The molecule has 4 amide bonds. The third-order valence-electron chi connectivity index (χ3n) is 6.49. The van der Waals surface area contributed by atoms with Crippen LogP contribution in [0, 0.1) is 13.8 Å². The Morgan fingerprint density at radius 3 is 2.30 bits per heavy atom. The molecule has 40 heavy (non-hydrogen) atoms. The maximum absolute atomic E-state index is 13.4. The lowest BCUT2D eigenvalue weighted by Gasteiger charge is -2.27. The molecular formula is C30H22Cl3N3O4. The van der Waals surface area contributed by atoms with E-state index in [1.807, 2.05) is 73.0 Å². The highest BCUT2D eigenvalue weighted by Crippen LogP contribution is 2.35. The number of hydrogen-bond acceptors (Lipinski definition) is 4. The van der Waals surface area contributed by atoms with Gasteiger partial charge in [0.15, 0.2) is 0 Å². The van der Waals surface area contributed by atoms with Gasteiger partial charge in [-0.05, 0) is 74.0 Å². The lowest BCUT2D eigenvalue weighted by molar-refractivity contribution is -0.122. The molecule has 1 aliphatic heterocycles. The summed E-state index contributed by atoms with van der Waals surface area (Å²) in [7, 11) is 0. The second-order valence-electron chi connectivity index (χ2n) is 9.07. The summed E-state index contributed by atoms with van der Waals surface area (Å²) >= 11 is 18.6. The zero-order valence-electron chi connectivity index (χ0n) is 21.4. The van der Waals surface area contributed by atoms with Crippen molar-refractivity contribution in [3.63, 3.8) is 0 Å². The molecule has 1 aliphatic rings. The molecule has 4 aromatic rings. The Morgan fingerprint density at radius 2 is 1.57 bits per heavy atom. The SMILES string of the molecule is Cc1cc(/C=C2\C(=O)NC(=O)N(c3cccc(Cl)c3Cl)C2=O)c(C)n1-c1ccc(OCc2ccccc2Cl)cc1. The Bertz CT molecular complexity index is 1690. The standard InChI is InChI=1S/C30H22Cl3N3O4/c1-17-14-20(15-23-28(37)34-30(39)36(29(23)38)26-9-5-8-25(32)27(26)33)18(2)35(17)21-10-12-22(13-11-21)40-16-19-6-3-4-7-24(19)31/h3-15H,16H2,1-2H3,(H,34,37,39)/b23-15+. The van der Waals surface area contributed by atoms with Crippen LogP contribution in [0.2, 0.25) is 15.1 Å². The average Bonchev–Trinajstić information content (AvgIpc) is 3.21. The molecule has 3 aromatic carbocycles. The van der Waals surface area contributed by atoms with Gasteiger partial charge < -0.3 is 9.30 Å². The van der Waals surface area contributed by atoms with Crippen LogP contribution in [0.15, 0.2) is 78.4 Å². The number of halogens is 3. The van der Waals surface area contributed by atoms with Crippen molar-refractivity contribution in [3.8, 4) is 11.4 Å². The van der Waals surface area contributed by atoms with Gasteiger partial charge in [0, 0.05) is 27.7 Å². The topological polar surface area (TPSA) is 80.6 Å². The molecule has 7 nitrogen and oxygen atoms in total. The van der Waals surface area contributed by atoms with E-state index in [0.717, 1.165) is 27.5 Å². The van der Waals surface area contributed by atoms with Gasteiger partial charge in [-0.25, -0.2) is 9.69 Å². The van der Waals surface area contributed by atoms with Gasteiger partial charge >= 0.3 is 6.03 Å². The van der Waals surface area contributed by atoms with Crippen LogP contribution in [0.4, 0.5) is 10.5 Å². The van der Waals surface area contributed by atoms with E-state index in [1.165, 1.54) is 18.2 Å². The fourth-order valence-corrected chi connectivity index (χ4v) is 5.07. The number of ether oxygens (including phenoxy) is 1. The first-order chi connectivity index (χ1) is 19.2. The van der Waals surface area contributed by atoms with Gasteiger partial charge in [-0.2, -0.15) is 0 Å². The highest BCUT2D eigenvalue weighted by atomic mass is 35.5. The van der Waals surface area contributed by atoms with E-state index in [2.05, 4.69) is 5.32 Å². The van der Waals surface area contributed by atoms with E-state index in [0.29, 0.717) is 22.9 Å². The van der Waals surface area contributed by atoms with Crippen molar-refractivity contribution in [3.05, 3.63) is 116 Å². The fraction of sp³-hybridized carbons (Fsp3) is 0.100. The molecule has 1 N–H and O–H groups in total. The molecule has 1 fully saturated rings. The van der Waals surface area contributed by atoms with Crippen LogP contribution in [0.1, 0.15) is 22.5 Å². The molecule has 2 heterocycles. The Morgan fingerprint density at radius 1 is 0.875 bits per heavy atom. The summed E-state index contributed by atoms with van der Waals surface area (Å²) in [5.41, 5.74) is 3.94. The molecule has 0 bridgehead atoms. The highest BCUT2D eigenvalue weighted by Gasteiger charge is 2.38. The number of nitrogens with one attached hydrogen (secondary N) is 1. The number of anilines is 1. The minimum atomic E-state index is -0.904. The molecule has 5 rings (SSSR count). The molecule has 10 heteroatoms. The van der Waals surface area contributed by atoms with Crippen molar-refractivity contribution in [2.75, 3.05) is 4.90 Å². The Balaban J connectivity index is 1.42. The number of imide groups is 2. The van der Waals surface area contributed by atoms with Gasteiger partial charge in [0.2, 0.25) is 0 Å². The Labute approximate surface area is 245 Å². The van der Waals surface area contributed by atoms with Gasteiger partial charge in [-0.3, -0.25) is 14.9 Å². The second kappa shape index (κ2) is 11.2. The van der Waals surface area contributed by atoms with Crippen LogP contribution in [0.3, 0.4) is 0 Å². The summed E-state index contributed by atoms with van der Waals surface area (Å²) in [6.07, 6.45) is 1.47. The molecule has 0 spiro atoms. The number of aryl methyl sites for hydroxylation is 1.